The SMILES string of the molecule is N#CC1C(=N)Oc2c(c(=O)oc3ccccc23)C1c1cccc(OCc2ccccc2)c1. The smallest absolute Gasteiger partial charge is 0.343 e. The van der Waals surface area contributed by atoms with E-state index in [9.17, 15) is 10.1 Å². The van der Waals surface area contributed by atoms with Gasteiger partial charge in [0.2, 0.25) is 5.90 Å². The number of fused-ring (bicyclic) bond motifs is 3. The van der Waals surface area contributed by atoms with Gasteiger partial charge in [0.15, 0.2) is 5.75 Å². The minimum absolute atomic E-state index is 0.198. The molecule has 0 saturated heterocycles. The van der Waals surface area contributed by atoms with Crippen LogP contribution in [-0.4, -0.2) is 5.90 Å². The molecule has 0 radical (unpaired) electrons. The van der Waals surface area contributed by atoms with Crippen molar-refractivity contribution >= 4 is 16.9 Å². The van der Waals surface area contributed by atoms with E-state index in [0.29, 0.717) is 28.9 Å². The topological polar surface area (TPSA) is 96.3 Å². The first-order valence-electron chi connectivity index (χ1n) is 10.1. The Morgan fingerprint density at radius 2 is 1.78 bits per heavy atom. The third-order valence-electron chi connectivity index (χ3n) is 5.54. The van der Waals surface area contributed by atoms with Gasteiger partial charge in [-0.1, -0.05) is 54.6 Å². The fourth-order valence-corrected chi connectivity index (χ4v) is 4.04. The van der Waals surface area contributed by atoms with E-state index in [0.717, 1.165) is 5.56 Å². The lowest BCUT2D eigenvalue weighted by Crippen LogP contribution is -2.34. The molecule has 2 heterocycles. The van der Waals surface area contributed by atoms with Crippen molar-refractivity contribution in [1.29, 1.82) is 10.7 Å². The standard InChI is InChI=1S/C26H18N2O4/c27-14-20-22(17-9-6-10-18(13-17)30-15-16-7-2-1-3-8-16)23-24(32-25(20)28)19-11-4-5-12-21(19)31-26(23)29/h1-13,20,22,28H,15H2. The van der Waals surface area contributed by atoms with Crippen LogP contribution in [0.15, 0.2) is 88.1 Å². The van der Waals surface area contributed by atoms with Gasteiger partial charge in [-0.05, 0) is 35.4 Å². The minimum Gasteiger partial charge on any atom is -0.489 e. The van der Waals surface area contributed by atoms with Crippen LogP contribution in [0, 0.1) is 22.7 Å². The minimum atomic E-state index is -0.962. The molecule has 0 saturated carbocycles. The normalized spacial score (nSPS) is 17.3. The zero-order chi connectivity index (χ0) is 22.1. The third-order valence-corrected chi connectivity index (χ3v) is 5.54. The number of hydrogen-bond acceptors (Lipinski definition) is 6. The van der Waals surface area contributed by atoms with E-state index in [4.69, 9.17) is 19.3 Å². The van der Waals surface area contributed by atoms with Crippen LogP contribution in [0.5, 0.6) is 11.5 Å². The van der Waals surface area contributed by atoms with Crippen molar-refractivity contribution in [1.82, 2.24) is 0 Å². The summed E-state index contributed by atoms with van der Waals surface area (Å²) in [5.41, 5.74) is 1.74. The zero-order valence-electron chi connectivity index (χ0n) is 16.9. The molecule has 6 heteroatoms. The first-order chi connectivity index (χ1) is 15.7. The van der Waals surface area contributed by atoms with Crippen molar-refractivity contribution in [3.05, 3.63) is 106 Å². The molecule has 0 fully saturated rings. The quantitative estimate of drug-likeness (QED) is 0.466. The number of ether oxygens (including phenoxy) is 2. The summed E-state index contributed by atoms with van der Waals surface area (Å²) in [5.74, 6) is -0.994. The highest BCUT2D eigenvalue weighted by Gasteiger charge is 2.40. The van der Waals surface area contributed by atoms with E-state index in [1.807, 2.05) is 48.5 Å². The van der Waals surface area contributed by atoms with Gasteiger partial charge in [0.25, 0.3) is 0 Å². The Bertz CT molecular complexity index is 1420. The van der Waals surface area contributed by atoms with E-state index < -0.39 is 17.5 Å². The number of nitrogens with zero attached hydrogens (tertiary/aromatic N) is 1. The average Bonchev–Trinajstić information content (AvgIpc) is 2.83. The van der Waals surface area contributed by atoms with Gasteiger partial charge in [0.1, 0.15) is 23.9 Å². The van der Waals surface area contributed by atoms with E-state index in [-0.39, 0.29) is 17.2 Å². The molecular formula is C26H18N2O4. The molecular weight excluding hydrogens is 404 g/mol. The van der Waals surface area contributed by atoms with E-state index in [1.54, 1.807) is 30.3 Å². The van der Waals surface area contributed by atoms with Crippen LogP contribution in [0.4, 0.5) is 0 Å². The average molecular weight is 422 g/mol. The Balaban J connectivity index is 1.60. The second-order valence-corrected chi connectivity index (χ2v) is 7.53. The fraction of sp³-hybridized carbons (Fsp3) is 0.115. The van der Waals surface area contributed by atoms with Gasteiger partial charge < -0.3 is 13.9 Å². The lowest BCUT2D eigenvalue weighted by Gasteiger charge is -2.29. The van der Waals surface area contributed by atoms with Crippen molar-refractivity contribution in [2.75, 3.05) is 0 Å². The molecule has 5 rings (SSSR count). The summed E-state index contributed by atoms with van der Waals surface area (Å²) in [7, 11) is 0. The molecule has 2 unspecified atom stereocenters. The van der Waals surface area contributed by atoms with Crippen molar-refractivity contribution in [2.24, 2.45) is 5.92 Å². The van der Waals surface area contributed by atoms with Crippen LogP contribution in [-0.2, 0) is 6.61 Å². The Hall–Kier alpha value is -4.37. The summed E-state index contributed by atoms with van der Waals surface area (Å²) >= 11 is 0. The molecule has 6 nitrogen and oxygen atoms in total. The number of para-hydroxylation sites is 1. The van der Waals surface area contributed by atoms with Crippen molar-refractivity contribution < 1.29 is 13.9 Å². The predicted molar refractivity (Wildman–Crippen MR) is 119 cm³/mol. The summed E-state index contributed by atoms with van der Waals surface area (Å²) in [6.45, 7) is 0.388. The molecule has 0 bridgehead atoms. The van der Waals surface area contributed by atoms with Gasteiger partial charge in [-0.2, -0.15) is 5.26 Å². The Morgan fingerprint density at radius 3 is 2.59 bits per heavy atom. The number of nitriles is 1. The predicted octanol–water partition coefficient (Wildman–Crippen LogP) is 5.01. The Morgan fingerprint density at radius 1 is 1.00 bits per heavy atom. The summed E-state index contributed by atoms with van der Waals surface area (Å²) in [6, 6.07) is 26.2. The Labute approximate surface area is 183 Å². The lowest BCUT2D eigenvalue weighted by atomic mass is 9.79. The summed E-state index contributed by atoms with van der Waals surface area (Å²) in [4.78, 5) is 13.0. The van der Waals surface area contributed by atoms with Gasteiger partial charge in [-0.25, -0.2) is 4.79 Å². The highest BCUT2D eigenvalue weighted by molar-refractivity contribution is 5.93. The molecule has 1 aromatic heterocycles. The molecule has 156 valence electrons. The van der Waals surface area contributed by atoms with Gasteiger partial charge in [-0.15, -0.1) is 0 Å². The van der Waals surface area contributed by atoms with Gasteiger partial charge in [0, 0.05) is 5.92 Å². The number of benzene rings is 3. The van der Waals surface area contributed by atoms with Crippen LogP contribution in [0.1, 0.15) is 22.6 Å². The molecule has 0 spiro atoms. The van der Waals surface area contributed by atoms with Crippen LogP contribution >= 0.6 is 0 Å². The largest absolute Gasteiger partial charge is 0.489 e. The van der Waals surface area contributed by atoms with Crippen molar-refractivity contribution in [2.45, 2.75) is 12.5 Å². The lowest BCUT2D eigenvalue weighted by molar-refractivity contribution is 0.305. The zero-order valence-corrected chi connectivity index (χ0v) is 16.9. The van der Waals surface area contributed by atoms with E-state index in [2.05, 4.69) is 6.07 Å². The number of rotatable bonds is 4. The maximum absolute atomic E-state index is 13.0. The van der Waals surface area contributed by atoms with Crippen molar-refractivity contribution in [3.8, 4) is 17.6 Å². The second-order valence-electron chi connectivity index (χ2n) is 7.53. The van der Waals surface area contributed by atoms with Gasteiger partial charge >= 0.3 is 5.63 Å². The molecule has 1 aliphatic rings. The maximum atomic E-state index is 13.0. The highest BCUT2D eigenvalue weighted by atomic mass is 16.5. The number of nitrogens with one attached hydrogen (secondary N) is 1. The van der Waals surface area contributed by atoms with Gasteiger partial charge in [0.05, 0.1) is 17.0 Å². The Kier molecular flexibility index (Phi) is 4.92. The van der Waals surface area contributed by atoms with E-state index >= 15 is 0 Å². The molecule has 32 heavy (non-hydrogen) atoms. The second kappa shape index (κ2) is 8.05. The van der Waals surface area contributed by atoms with Crippen LogP contribution < -0.4 is 15.1 Å². The first-order valence-corrected chi connectivity index (χ1v) is 10.1. The molecule has 4 aromatic rings. The fourth-order valence-electron chi connectivity index (χ4n) is 4.04. The van der Waals surface area contributed by atoms with Crippen molar-refractivity contribution in [3.63, 3.8) is 0 Å². The molecule has 3 aromatic carbocycles. The number of hydrogen-bond donors (Lipinski definition) is 1. The maximum Gasteiger partial charge on any atom is 0.343 e. The summed E-state index contributed by atoms with van der Waals surface area (Å²) < 4.78 is 17.2. The molecule has 1 N–H and O–H groups in total. The summed E-state index contributed by atoms with van der Waals surface area (Å²) in [5, 5.41) is 18.7. The van der Waals surface area contributed by atoms with Crippen LogP contribution in [0.25, 0.3) is 11.0 Å². The van der Waals surface area contributed by atoms with Gasteiger partial charge in [-0.3, -0.25) is 5.41 Å². The third kappa shape index (κ3) is 3.40. The van der Waals surface area contributed by atoms with Crippen LogP contribution in [0.2, 0.25) is 0 Å². The van der Waals surface area contributed by atoms with Crippen LogP contribution in [0.3, 0.4) is 0 Å². The molecule has 0 aliphatic carbocycles. The molecule has 1 aliphatic heterocycles. The van der Waals surface area contributed by atoms with E-state index in [1.165, 1.54) is 0 Å². The molecule has 0 amide bonds. The highest BCUT2D eigenvalue weighted by Crippen LogP contribution is 2.44. The molecule has 2 atom stereocenters. The monoisotopic (exact) mass is 422 g/mol. The first kappa shape index (κ1) is 19.6. The summed E-state index contributed by atoms with van der Waals surface area (Å²) in [6.07, 6.45) is 0.